The SMILES string of the molecule is CCc1ccc(OC(=O)c2ccc(NC3=C(Cl)C(=O)N(CCc4ccccc4)C3=O)cc2)cc1. The van der Waals surface area contributed by atoms with Crippen molar-refractivity contribution in [3.05, 3.63) is 106 Å². The van der Waals surface area contributed by atoms with E-state index in [2.05, 4.69) is 12.2 Å². The van der Waals surface area contributed by atoms with Crippen LogP contribution in [0.3, 0.4) is 0 Å². The predicted octanol–water partition coefficient (Wildman–Crippen LogP) is 4.94. The summed E-state index contributed by atoms with van der Waals surface area (Å²) in [6.45, 7) is 2.28. The lowest BCUT2D eigenvalue weighted by molar-refractivity contribution is -0.137. The van der Waals surface area contributed by atoms with Gasteiger partial charge in [-0.3, -0.25) is 14.5 Å². The van der Waals surface area contributed by atoms with Crippen LogP contribution >= 0.6 is 11.6 Å². The number of esters is 1. The first-order valence-electron chi connectivity index (χ1n) is 10.9. The average molecular weight is 475 g/mol. The molecule has 3 aromatic carbocycles. The van der Waals surface area contributed by atoms with Crippen LogP contribution in [-0.4, -0.2) is 29.2 Å². The highest BCUT2D eigenvalue weighted by Crippen LogP contribution is 2.26. The summed E-state index contributed by atoms with van der Waals surface area (Å²) >= 11 is 6.17. The van der Waals surface area contributed by atoms with E-state index >= 15 is 0 Å². The quantitative estimate of drug-likeness (QED) is 0.284. The number of halogens is 1. The van der Waals surface area contributed by atoms with Crippen molar-refractivity contribution in [2.24, 2.45) is 0 Å². The van der Waals surface area contributed by atoms with Gasteiger partial charge in [0.1, 0.15) is 16.5 Å². The number of rotatable bonds is 8. The number of carbonyl (C=O) groups is 3. The van der Waals surface area contributed by atoms with E-state index in [9.17, 15) is 14.4 Å². The standard InChI is InChI=1S/C27H23ClN2O4/c1-2-18-8-14-22(15-9-18)34-27(33)20-10-12-21(13-11-20)29-24-23(28)25(31)30(26(24)32)17-16-19-6-4-3-5-7-19/h3-15,29H,2,16-17H2,1H3. The minimum absolute atomic E-state index is 0.0195. The van der Waals surface area contributed by atoms with Crippen LogP contribution in [0.2, 0.25) is 0 Å². The summed E-state index contributed by atoms with van der Waals surface area (Å²) in [7, 11) is 0. The van der Waals surface area contributed by atoms with E-state index in [4.69, 9.17) is 16.3 Å². The van der Waals surface area contributed by atoms with E-state index in [1.807, 2.05) is 42.5 Å². The van der Waals surface area contributed by atoms with Crippen LogP contribution in [0.4, 0.5) is 5.69 Å². The fourth-order valence-electron chi connectivity index (χ4n) is 3.54. The third-order valence-electron chi connectivity index (χ3n) is 5.51. The molecule has 0 saturated carbocycles. The van der Waals surface area contributed by atoms with Crippen molar-refractivity contribution in [1.82, 2.24) is 4.90 Å². The molecule has 0 atom stereocenters. The van der Waals surface area contributed by atoms with Crippen molar-refractivity contribution < 1.29 is 19.1 Å². The second-order valence-electron chi connectivity index (χ2n) is 7.78. The Kier molecular flexibility index (Phi) is 7.09. The maximum atomic E-state index is 12.8. The van der Waals surface area contributed by atoms with Gasteiger partial charge in [0, 0.05) is 12.2 Å². The Morgan fingerprint density at radius 2 is 1.56 bits per heavy atom. The number of amides is 2. The van der Waals surface area contributed by atoms with Gasteiger partial charge in [-0.05, 0) is 60.4 Å². The molecule has 0 aliphatic carbocycles. The summed E-state index contributed by atoms with van der Waals surface area (Å²) < 4.78 is 5.40. The van der Waals surface area contributed by atoms with Crippen molar-refractivity contribution in [3.8, 4) is 5.75 Å². The lowest BCUT2D eigenvalue weighted by Crippen LogP contribution is -2.34. The highest BCUT2D eigenvalue weighted by Gasteiger charge is 2.37. The van der Waals surface area contributed by atoms with E-state index in [1.54, 1.807) is 36.4 Å². The van der Waals surface area contributed by atoms with Crippen LogP contribution in [0.5, 0.6) is 5.75 Å². The lowest BCUT2D eigenvalue weighted by Gasteiger charge is -2.15. The molecule has 0 spiro atoms. The fourth-order valence-corrected chi connectivity index (χ4v) is 3.77. The predicted molar refractivity (Wildman–Crippen MR) is 131 cm³/mol. The summed E-state index contributed by atoms with van der Waals surface area (Å²) in [6.07, 6.45) is 1.44. The number of aryl methyl sites for hydroxylation is 1. The van der Waals surface area contributed by atoms with Crippen molar-refractivity contribution in [2.75, 3.05) is 11.9 Å². The molecule has 0 bridgehead atoms. The normalized spacial score (nSPS) is 13.4. The van der Waals surface area contributed by atoms with Crippen LogP contribution in [0.15, 0.2) is 89.6 Å². The minimum atomic E-state index is -0.528. The summed E-state index contributed by atoms with van der Waals surface area (Å²) in [5, 5.41) is 2.76. The van der Waals surface area contributed by atoms with Gasteiger partial charge in [-0.2, -0.15) is 0 Å². The summed E-state index contributed by atoms with van der Waals surface area (Å²) in [5.41, 5.74) is 3.06. The molecule has 1 aliphatic heterocycles. The average Bonchev–Trinajstić information content (AvgIpc) is 3.07. The molecule has 1 aliphatic rings. The summed E-state index contributed by atoms with van der Waals surface area (Å²) in [5.74, 6) is -1.04. The zero-order chi connectivity index (χ0) is 24.1. The number of anilines is 1. The lowest BCUT2D eigenvalue weighted by atomic mass is 10.1. The van der Waals surface area contributed by atoms with Crippen molar-refractivity contribution in [1.29, 1.82) is 0 Å². The van der Waals surface area contributed by atoms with Gasteiger partial charge >= 0.3 is 5.97 Å². The Morgan fingerprint density at radius 1 is 0.882 bits per heavy atom. The van der Waals surface area contributed by atoms with Gasteiger partial charge in [0.25, 0.3) is 11.8 Å². The first-order valence-corrected chi connectivity index (χ1v) is 11.3. The van der Waals surface area contributed by atoms with Crippen molar-refractivity contribution in [3.63, 3.8) is 0 Å². The highest BCUT2D eigenvalue weighted by atomic mass is 35.5. The van der Waals surface area contributed by atoms with Gasteiger partial charge in [0.2, 0.25) is 0 Å². The molecule has 4 rings (SSSR count). The molecule has 0 unspecified atom stereocenters. The molecule has 0 saturated heterocycles. The van der Waals surface area contributed by atoms with Gasteiger partial charge in [-0.25, -0.2) is 4.79 Å². The number of hydrogen-bond donors (Lipinski definition) is 1. The molecule has 172 valence electrons. The number of hydrogen-bond acceptors (Lipinski definition) is 5. The van der Waals surface area contributed by atoms with Crippen LogP contribution in [-0.2, 0) is 22.4 Å². The van der Waals surface area contributed by atoms with Crippen molar-refractivity contribution in [2.45, 2.75) is 19.8 Å². The van der Waals surface area contributed by atoms with E-state index in [1.165, 1.54) is 0 Å². The highest BCUT2D eigenvalue weighted by molar-refractivity contribution is 6.48. The number of nitrogens with zero attached hydrogens (tertiary/aromatic N) is 1. The molecular weight excluding hydrogens is 452 g/mol. The van der Waals surface area contributed by atoms with Gasteiger partial charge in [-0.1, -0.05) is 61.0 Å². The smallest absolute Gasteiger partial charge is 0.343 e. The molecular formula is C27H23ClN2O4. The number of carbonyl (C=O) groups excluding carboxylic acids is 3. The maximum absolute atomic E-state index is 12.8. The van der Waals surface area contributed by atoms with E-state index in [-0.39, 0.29) is 17.3 Å². The zero-order valence-electron chi connectivity index (χ0n) is 18.6. The minimum Gasteiger partial charge on any atom is -0.423 e. The van der Waals surface area contributed by atoms with Crippen LogP contribution in [0, 0.1) is 0 Å². The Balaban J connectivity index is 1.38. The largest absolute Gasteiger partial charge is 0.423 e. The topological polar surface area (TPSA) is 75.7 Å². The molecule has 0 radical (unpaired) electrons. The number of ether oxygens (including phenoxy) is 1. The van der Waals surface area contributed by atoms with Gasteiger partial charge in [0.15, 0.2) is 0 Å². The first kappa shape index (κ1) is 23.3. The number of nitrogens with one attached hydrogen (secondary N) is 1. The third kappa shape index (κ3) is 5.18. The maximum Gasteiger partial charge on any atom is 0.343 e. The van der Waals surface area contributed by atoms with E-state index in [0.29, 0.717) is 23.4 Å². The number of benzene rings is 3. The summed E-state index contributed by atoms with van der Waals surface area (Å²) in [4.78, 5) is 38.9. The van der Waals surface area contributed by atoms with Gasteiger partial charge in [-0.15, -0.1) is 0 Å². The Labute approximate surface area is 202 Å². The van der Waals surface area contributed by atoms with Crippen molar-refractivity contribution >= 4 is 35.1 Å². The van der Waals surface area contributed by atoms with Crippen LogP contribution in [0.1, 0.15) is 28.4 Å². The Morgan fingerprint density at radius 3 is 2.21 bits per heavy atom. The molecule has 1 N–H and O–H groups in total. The zero-order valence-corrected chi connectivity index (χ0v) is 19.3. The Bertz CT molecular complexity index is 1240. The molecule has 2 amide bonds. The van der Waals surface area contributed by atoms with Crippen LogP contribution in [0.25, 0.3) is 0 Å². The molecule has 3 aromatic rings. The molecule has 7 heteroatoms. The van der Waals surface area contributed by atoms with Crippen LogP contribution < -0.4 is 10.1 Å². The second kappa shape index (κ2) is 10.4. The molecule has 0 fully saturated rings. The third-order valence-corrected chi connectivity index (χ3v) is 5.86. The molecule has 1 heterocycles. The summed E-state index contributed by atoms with van der Waals surface area (Å²) in [6, 6.07) is 23.3. The van der Waals surface area contributed by atoms with E-state index in [0.717, 1.165) is 22.4 Å². The molecule has 34 heavy (non-hydrogen) atoms. The van der Waals surface area contributed by atoms with Gasteiger partial charge < -0.3 is 10.1 Å². The number of imide groups is 1. The molecule has 0 aromatic heterocycles. The second-order valence-corrected chi connectivity index (χ2v) is 8.15. The monoisotopic (exact) mass is 474 g/mol. The first-order chi connectivity index (χ1) is 16.5. The van der Waals surface area contributed by atoms with Gasteiger partial charge in [0.05, 0.1) is 5.56 Å². The fraction of sp³-hybridized carbons (Fsp3) is 0.148. The molecule has 6 nitrogen and oxygen atoms in total. The Hall–Kier alpha value is -3.90. The van der Waals surface area contributed by atoms with E-state index < -0.39 is 17.8 Å².